The standard InChI is InChI=1S/C17H16N2O4/c1-10-6-7-14(19(22)23)13(8-10)17(21)18-16-12-5-3-2-4-11(12)9-15(16)20/h2-8,15-16,20H,9H2,1H3,(H,18,21)/t15-,16+/m1/s1. The molecule has 0 spiro atoms. The predicted molar refractivity (Wildman–Crippen MR) is 84.2 cm³/mol. The number of nitrogens with zero attached hydrogens (tertiary/aromatic N) is 1. The summed E-state index contributed by atoms with van der Waals surface area (Å²) in [5.41, 5.74) is 2.35. The number of amides is 1. The SMILES string of the molecule is Cc1ccc([N+](=O)[O-])c(C(=O)N[C@H]2c3ccccc3C[C@H]2O)c1. The van der Waals surface area contributed by atoms with Gasteiger partial charge in [-0.05, 0) is 29.7 Å². The van der Waals surface area contributed by atoms with Crippen molar-refractivity contribution in [3.05, 3.63) is 74.8 Å². The lowest BCUT2D eigenvalue weighted by molar-refractivity contribution is -0.385. The first-order valence-electron chi connectivity index (χ1n) is 7.29. The molecule has 2 atom stereocenters. The van der Waals surface area contributed by atoms with E-state index in [9.17, 15) is 20.0 Å². The van der Waals surface area contributed by atoms with Crippen LogP contribution >= 0.6 is 0 Å². The average Bonchev–Trinajstić information content (AvgIpc) is 2.83. The summed E-state index contributed by atoms with van der Waals surface area (Å²) in [7, 11) is 0. The Morgan fingerprint density at radius 1 is 1.30 bits per heavy atom. The lowest BCUT2D eigenvalue weighted by Gasteiger charge is -2.18. The molecule has 1 amide bonds. The molecule has 23 heavy (non-hydrogen) atoms. The number of aryl methyl sites for hydroxylation is 1. The molecule has 1 aliphatic carbocycles. The van der Waals surface area contributed by atoms with E-state index in [2.05, 4.69) is 5.32 Å². The molecule has 0 unspecified atom stereocenters. The molecule has 0 saturated heterocycles. The predicted octanol–water partition coefficient (Wildman–Crippen LogP) is 2.29. The van der Waals surface area contributed by atoms with Crippen molar-refractivity contribution >= 4 is 11.6 Å². The Bertz CT molecular complexity index is 788. The second kappa shape index (κ2) is 5.81. The van der Waals surface area contributed by atoms with Gasteiger partial charge in [-0.15, -0.1) is 0 Å². The van der Waals surface area contributed by atoms with Crippen LogP contribution < -0.4 is 5.32 Å². The highest BCUT2D eigenvalue weighted by Gasteiger charge is 2.33. The number of rotatable bonds is 3. The van der Waals surface area contributed by atoms with Crippen LogP contribution in [-0.4, -0.2) is 22.0 Å². The van der Waals surface area contributed by atoms with Crippen molar-refractivity contribution in [2.24, 2.45) is 0 Å². The number of hydrogen-bond acceptors (Lipinski definition) is 4. The number of aliphatic hydroxyl groups excluding tert-OH is 1. The van der Waals surface area contributed by atoms with Gasteiger partial charge in [-0.25, -0.2) is 0 Å². The number of carbonyl (C=O) groups excluding carboxylic acids is 1. The van der Waals surface area contributed by atoms with E-state index in [1.807, 2.05) is 24.3 Å². The number of fused-ring (bicyclic) bond motifs is 1. The van der Waals surface area contributed by atoms with Gasteiger partial charge in [0, 0.05) is 12.5 Å². The molecule has 6 nitrogen and oxygen atoms in total. The number of nitro benzene ring substituents is 1. The van der Waals surface area contributed by atoms with E-state index in [0.29, 0.717) is 6.42 Å². The molecular weight excluding hydrogens is 296 g/mol. The third-order valence-electron chi connectivity index (χ3n) is 4.08. The molecule has 3 rings (SSSR count). The van der Waals surface area contributed by atoms with Gasteiger partial charge in [0.1, 0.15) is 5.56 Å². The van der Waals surface area contributed by atoms with Crippen LogP contribution in [0.2, 0.25) is 0 Å². The monoisotopic (exact) mass is 312 g/mol. The van der Waals surface area contributed by atoms with Crippen LogP contribution in [0.25, 0.3) is 0 Å². The van der Waals surface area contributed by atoms with Crippen LogP contribution in [0.3, 0.4) is 0 Å². The molecule has 0 heterocycles. The van der Waals surface area contributed by atoms with Crippen LogP contribution in [0.5, 0.6) is 0 Å². The van der Waals surface area contributed by atoms with E-state index in [1.54, 1.807) is 13.0 Å². The van der Waals surface area contributed by atoms with Crippen LogP contribution in [0.1, 0.15) is 33.1 Å². The molecule has 2 N–H and O–H groups in total. The Labute approximate surface area is 132 Å². The summed E-state index contributed by atoms with van der Waals surface area (Å²) in [6.45, 7) is 1.76. The van der Waals surface area contributed by atoms with Gasteiger partial charge >= 0.3 is 0 Å². The fourth-order valence-corrected chi connectivity index (χ4v) is 2.96. The van der Waals surface area contributed by atoms with Gasteiger partial charge in [0.15, 0.2) is 0 Å². The molecule has 0 aromatic heterocycles. The second-order valence-electron chi connectivity index (χ2n) is 5.70. The average molecular weight is 312 g/mol. The molecule has 2 aromatic carbocycles. The summed E-state index contributed by atoms with van der Waals surface area (Å²) < 4.78 is 0. The molecule has 1 aliphatic rings. The summed E-state index contributed by atoms with van der Waals surface area (Å²) in [6.07, 6.45) is -0.281. The van der Waals surface area contributed by atoms with E-state index >= 15 is 0 Å². The number of carbonyl (C=O) groups is 1. The first kappa shape index (κ1) is 15.2. The molecule has 0 bridgehead atoms. The zero-order valence-corrected chi connectivity index (χ0v) is 12.5. The van der Waals surface area contributed by atoms with Gasteiger partial charge in [-0.3, -0.25) is 14.9 Å². The molecule has 2 aromatic rings. The van der Waals surface area contributed by atoms with Crippen molar-refractivity contribution < 1.29 is 14.8 Å². The maximum Gasteiger partial charge on any atom is 0.282 e. The minimum Gasteiger partial charge on any atom is -0.390 e. The van der Waals surface area contributed by atoms with Gasteiger partial charge in [0.2, 0.25) is 0 Å². The Morgan fingerprint density at radius 2 is 2.04 bits per heavy atom. The van der Waals surface area contributed by atoms with E-state index < -0.39 is 23.0 Å². The minimum atomic E-state index is -0.736. The van der Waals surface area contributed by atoms with Gasteiger partial charge < -0.3 is 10.4 Å². The topological polar surface area (TPSA) is 92.5 Å². The highest BCUT2D eigenvalue weighted by atomic mass is 16.6. The van der Waals surface area contributed by atoms with Crippen molar-refractivity contribution in [3.8, 4) is 0 Å². The Kier molecular flexibility index (Phi) is 3.83. The summed E-state index contributed by atoms with van der Waals surface area (Å²) in [4.78, 5) is 23.0. The van der Waals surface area contributed by atoms with Crippen LogP contribution in [0.15, 0.2) is 42.5 Å². The molecule has 118 valence electrons. The summed E-state index contributed by atoms with van der Waals surface area (Å²) in [5.74, 6) is -0.554. The Morgan fingerprint density at radius 3 is 2.78 bits per heavy atom. The molecule has 0 radical (unpaired) electrons. The van der Waals surface area contributed by atoms with Gasteiger partial charge in [0.25, 0.3) is 11.6 Å². The van der Waals surface area contributed by atoms with E-state index in [4.69, 9.17) is 0 Å². The normalized spacial score (nSPS) is 19.2. The lowest BCUT2D eigenvalue weighted by Crippen LogP contribution is -2.34. The Hall–Kier alpha value is -2.73. The van der Waals surface area contributed by atoms with Gasteiger partial charge in [-0.2, -0.15) is 0 Å². The number of benzene rings is 2. The highest BCUT2D eigenvalue weighted by Crippen LogP contribution is 2.32. The maximum atomic E-state index is 12.5. The van der Waals surface area contributed by atoms with Crippen LogP contribution in [0, 0.1) is 17.0 Å². The van der Waals surface area contributed by atoms with Gasteiger partial charge in [0.05, 0.1) is 17.1 Å². The fourth-order valence-electron chi connectivity index (χ4n) is 2.96. The van der Waals surface area contributed by atoms with Gasteiger partial charge in [-0.1, -0.05) is 30.3 Å². The zero-order chi connectivity index (χ0) is 16.6. The van der Waals surface area contributed by atoms with E-state index in [1.165, 1.54) is 12.1 Å². The molecular formula is C17H16N2O4. The van der Waals surface area contributed by atoms with Crippen LogP contribution in [-0.2, 0) is 6.42 Å². The number of aliphatic hydroxyl groups is 1. The van der Waals surface area contributed by atoms with E-state index in [-0.39, 0.29) is 11.3 Å². The molecule has 0 saturated carbocycles. The minimum absolute atomic E-state index is 0.00609. The summed E-state index contributed by atoms with van der Waals surface area (Å²) >= 11 is 0. The molecule has 0 fully saturated rings. The molecule has 6 heteroatoms. The molecule has 0 aliphatic heterocycles. The fraction of sp³-hybridized carbons (Fsp3) is 0.235. The van der Waals surface area contributed by atoms with Crippen molar-refractivity contribution in [2.75, 3.05) is 0 Å². The smallest absolute Gasteiger partial charge is 0.282 e. The first-order valence-corrected chi connectivity index (χ1v) is 7.29. The lowest BCUT2D eigenvalue weighted by atomic mass is 10.1. The van der Waals surface area contributed by atoms with Crippen molar-refractivity contribution in [2.45, 2.75) is 25.5 Å². The number of nitrogens with one attached hydrogen (secondary N) is 1. The third-order valence-corrected chi connectivity index (χ3v) is 4.08. The Balaban J connectivity index is 1.91. The first-order chi connectivity index (χ1) is 11.0. The van der Waals surface area contributed by atoms with Crippen LogP contribution in [0.4, 0.5) is 5.69 Å². The van der Waals surface area contributed by atoms with Crippen molar-refractivity contribution in [3.63, 3.8) is 0 Å². The maximum absolute atomic E-state index is 12.5. The number of nitro groups is 1. The van der Waals surface area contributed by atoms with Crippen molar-refractivity contribution in [1.29, 1.82) is 0 Å². The summed E-state index contributed by atoms with van der Waals surface area (Å²) in [5, 5.41) is 24.0. The van der Waals surface area contributed by atoms with Crippen molar-refractivity contribution in [1.82, 2.24) is 5.32 Å². The quantitative estimate of drug-likeness (QED) is 0.672. The second-order valence-corrected chi connectivity index (χ2v) is 5.70. The largest absolute Gasteiger partial charge is 0.390 e. The third kappa shape index (κ3) is 2.80. The zero-order valence-electron chi connectivity index (χ0n) is 12.5. The highest BCUT2D eigenvalue weighted by molar-refractivity contribution is 5.98. The van der Waals surface area contributed by atoms with E-state index in [0.717, 1.165) is 16.7 Å². The summed E-state index contributed by atoms with van der Waals surface area (Å²) in [6, 6.07) is 11.3. The number of hydrogen-bond donors (Lipinski definition) is 2.